The molecule has 0 aromatic carbocycles. The summed E-state index contributed by atoms with van der Waals surface area (Å²) >= 11 is 1.44. The van der Waals surface area contributed by atoms with Gasteiger partial charge in [-0.1, -0.05) is 19.3 Å². The molecule has 1 aliphatic carbocycles. The second-order valence-electron chi connectivity index (χ2n) is 8.09. The molecule has 0 bridgehead atoms. The van der Waals surface area contributed by atoms with Crippen LogP contribution in [0, 0.1) is 12.8 Å². The number of hydrogen-bond donors (Lipinski definition) is 1. The maximum Gasteiger partial charge on any atom is 0.226 e. The molecule has 166 valence electrons. The highest BCUT2D eigenvalue weighted by Crippen LogP contribution is 2.27. The van der Waals surface area contributed by atoms with Gasteiger partial charge in [0.15, 0.2) is 17.4 Å². The quantitative estimate of drug-likeness (QED) is 0.473. The number of rotatable bonds is 11. The Hall–Kier alpha value is -2.54. The normalized spacial score (nSPS) is 14.2. The van der Waals surface area contributed by atoms with E-state index in [1.807, 2.05) is 13.0 Å². The van der Waals surface area contributed by atoms with Crippen molar-refractivity contribution in [1.29, 1.82) is 0 Å². The van der Waals surface area contributed by atoms with Crippen LogP contribution in [0.3, 0.4) is 0 Å². The highest BCUT2D eigenvalue weighted by Gasteiger charge is 2.17. The number of thiophene rings is 1. The highest BCUT2D eigenvalue weighted by molar-refractivity contribution is 7.14. The third-order valence-electron chi connectivity index (χ3n) is 5.50. The number of ether oxygens (including phenoxy) is 1. The average molecular weight is 443 g/mol. The minimum atomic E-state index is -0.283. The molecule has 31 heavy (non-hydrogen) atoms. The van der Waals surface area contributed by atoms with Crippen LogP contribution in [0.5, 0.6) is 5.75 Å². The summed E-state index contributed by atoms with van der Waals surface area (Å²) in [4.78, 5) is 42.5. The number of pyridine rings is 1. The first-order valence-electron chi connectivity index (χ1n) is 11.0. The number of anilines is 1. The van der Waals surface area contributed by atoms with Gasteiger partial charge in [-0.15, -0.1) is 11.3 Å². The van der Waals surface area contributed by atoms with Crippen molar-refractivity contribution in [3.8, 4) is 5.75 Å². The number of carbonyl (C=O) groups excluding carboxylic acids is 3. The van der Waals surface area contributed by atoms with Crippen molar-refractivity contribution in [2.75, 3.05) is 11.9 Å². The summed E-state index contributed by atoms with van der Waals surface area (Å²) in [6.45, 7) is 2.57. The van der Waals surface area contributed by atoms with Gasteiger partial charge in [-0.05, 0) is 49.9 Å². The van der Waals surface area contributed by atoms with Crippen molar-refractivity contribution in [3.63, 3.8) is 0 Å². The van der Waals surface area contributed by atoms with Crippen molar-refractivity contribution in [2.24, 2.45) is 5.92 Å². The van der Waals surface area contributed by atoms with Gasteiger partial charge in [0.1, 0.15) is 5.78 Å². The molecule has 3 rings (SSSR count). The average Bonchev–Trinajstić information content (AvgIpc) is 3.22. The van der Waals surface area contributed by atoms with Crippen molar-refractivity contribution in [1.82, 2.24) is 4.98 Å². The monoisotopic (exact) mass is 442 g/mol. The third-order valence-corrected chi connectivity index (χ3v) is 6.55. The maximum absolute atomic E-state index is 12.3. The Labute approximate surface area is 187 Å². The lowest BCUT2D eigenvalue weighted by Gasteiger charge is -2.22. The minimum absolute atomic E-state index is 0.0239. The molecule has 0 saturated heterocycles. The number of Topliss-reactive ketones (excluding diaryl/α,β-unsaturated/α-hetero) is 2. The van der Waals surface area contributed by atoms with Crippen molar-refractivity contribution >= 4 is 34.6 Å². The molecule has 1 amide bonds. The fourth-order valence-electron chi connectivity index (χ4n) is 3.70. The van der Waals surface area contributed by atoms with E-state index in [0.29, 0.717) is 29.0 Å². The number of nitrogens with one attached hydrogen (secondary N) is 1. The lowest BCUT2D eigenvalue weighted by atomic mass is 9.90. The molecule has 0 atom stereocenters. The largest absolute Gasteiger partial charge is 0.489 e. The van der Waals surface area contributed by atoms with Crippen LogP contribution in [-0.2, 0) is 9.59 Å². The third kappa shape index (κ3) is 7.58. The van der Waals surface area contributed by atoms with Crippen LogP contribution >= 0.6 is 11.3 Å². The number of amides is 1. The zero-order chi connectivity index (χ0) is 22.1. The van der Waals surface area contributed by atoms with Crippen molar-refractivity contribution in [2.45, 2.75) is 64.7 Å². The summed E-state index contributed by atoms with van der Waals surface area (Å²) in [5.74, 6) is 1.10. The molecule has 1 saturated carbocycles. The van der Waals surface area contributed by atoms with Crippen LogP contribution in [0.15, 0.2) is 30.5 Å². The van der Waals surface area contributed by atoms with E-state index < -0.39 is 0 Å². The Morgan fingerprint density at radius 3 is 2.58 bits per heavy atom. The summed E-state index contributed by atoms with van der Waals surface area (Å²) in [7, 11) is 0. The molecule has 2 aromatic heterocycles. The zero-order valence-corrected chi connectivity index (χ0v) is 18.8. The first-order valence-corrected chi connectivity index (χ1v) is 11.8. The van der Waals surface area contributed by atoms with Gasteiger partial charge in [0.05, 0.1) is 11.5 Å². The van der Waals surface area contributed by atoms with Crippen molar-refractivity contribution < 1.29 is 19.1 Å². The summed E-state index contributed by atoms with van der Waals surface area (Å²) in [6.07, 6.45) is 8.25. The van der Waals surface area contributed by atoms with E-state index in [9.17, 15) is 14.4 Å². The molecule has 2 aromatic rings. The van der Waals surface area contributed by atoms with E-state index in [2.05, 4.69) is 10.3 Å². The smallest absolute Gasteiger partial charge is 0.226 e. The van der Waals surface area contributed by atoms with Gasteiger partial charge >= 0.3 is 0 Å². The number of carbonyl (C=O) groups is 3. The van der Waals surface area contributed by atoms with E-state index in [4.69, 9.17) is 4.74 Å². The molecular weight excluding hydrogens is 412 g/mol. The number of hydrogen-bond acceptors (Lipinski definition) is 6. The van der Waals surface area contributed by atoms with E-state index in [-0.39, 0.29) is 43.2 Å². The van der Waals surface area contributed by atoms with Crippen LogP contribution < -0.4 is 10.1 Å². The Morgan fingerprint density at radius 2 is 1.84 bits per heavy atom. The van der Waals surface area contributed by atoms with E-state index in [0.717, 1.165) is 4.88 Å². The van der Waals surface area contributed by atoms with Crippen LogP contribution in [0.2, 0.25) is 0 Å². The number of ketones is 2. The molecule has 7 heteroatoms. The molecule has 6 nitrogen and oxygen atoms in total. The predicted molar refractivity (Wildman–Crippen MR) is 122 cm³/mol. The number of aryl methyl sites for hydroxylation is 1. The molecule has 2 heterocycles. The topological polar surface area (TPSA) is 85.4 Å². The van der Waals surface area contributed by atoms with Gasteiger partial charge in [0, 0.05) is 36.8 Å². The molecular formula is C24H30N2O4S. The highest BCUT2D eigenvalue weighted by atomic mass is 32.1. The molecule has 1 aliphatic rings. The predicted octanol–water partition coefficient (Wildman–Crippen LogP) is 5.36. The van der Waals surface area contributed by atoms with E-state index in [1.165, 1.54) is 43.4 Å². The van der Waals surface area contributed by atoms with E-state index in [1.54, 1.807) is 24.4 Å². The Kier molecular flexibility index (Phi) is 8.76. The summed E-state index contributed by atoms with van der Waals surface area (Å²) in [5, 5.41) is 2.75. The first kappa shape index (κ1) is 23.1. The standard InChI is InChI=1S/C24H30N2O4S/c1-17-9-13-22(31-17)20(28)12-10-19(27)11-14-23(29)26-24-21(8-5-15-25-24)30-16-18-6-3-2-4-7-18/h5,8-9,13,15,18H,2-4,6-7,10-12,14,16H2,1H3,(H,25,26,29). The molecule has 0 radical (unpaired) electrons. The van der Waals surface area contributed by atoms with Gasteiger partial charge in [0.25, 0.3) is 0 Å². The molecule has 0 unspecified atom stereocenters. The summed E-state index contributed by atoms with van der Waals surface area (Å²) in [5.41, 5.74) is 0. The second-order valence-corrected chi connectivity index (χ2v) is 9.37. The molecule has 0 spiro atoms. The lowest BCUT2D eigenvalue weighted by molar-refractivity contribution is -0.122. The lowest BCUT2D eigenvalue weighted by Crippen LogP contribution is -2.18. The number of nitrogens with zero attached hydrogens (tertiary/aromatic N) is 1. The maximum atomic E-state index is 12.3. The SMILES string of the molecule is Cc1ccc(C(=O)CCC(=O)CCC(=O)Nc2ncccc2OCC2CCCCC2)s1. The Bertz CT molecular complexity index is 902. The van der Waals surface area contributed by atoms with Crippen LogP contribution in [0.1, 0.15) is 72.3 Å². The van der Waals surface area contributed by atoms with Crippen LogP contribution in [-0.4, -0.2) is 29.1 Å². The first-order chi connectivity index (χ1) is 15.0. The van der Waals surface area contributed by atoms with Gasteiger partial charge < -0.3 is 10.1 Å². The molecule has 0 aliphatic heterocycles. The fourth-order valence-corrected chi connectivity index (χ4v) is 4.53. The van der Waals surface area contributed by atoms with Crippen LogP contribution in [0.4, 0.5) is 5.82 Å². The Morgan fingerprint density at radius 1 is 1.06 bits per heavy atom. The minimum Gasteiger partial charge on any atom is -0.489 e. The van der Waals surface area contributed by atoms with Gasteiger partial charge in [0.2, 0.25) is 5.91 Å². The van der Waals surface area contributed by atoms with E-state index >= 15 is 0 Å². The van der Waals surface area contributed by atoms with Crippen molar-refractivity contribution in [3.05, 3.63) is 40.2 Å². The summed E-state index contributed by atoms with van der Waals surface area (Å²) in [6, 6.07) is 7.27. The fraction of sp³-hybridized carbons (Fsp3) is 0.500. The summed E-state index contributed by atoms with van der Waals surface area (Å²) < 4.78 is 5.93. The number of aromatic nitrogens is 1. The second kappa shape index (κ2) is 11.7. The van der Waals surface area contributed by atoms with Gasteiger partial charge in [-0.3, -0.25) is 14.4 Å². The Balaban J connectivity index is 1.40. The molecule has 1 fully saturated rings. The van der Waals surface area contributed by atoms with Crippen LogP contribution in [0.25, 0.3) is 0 Å². The zero-order valence-electron chi connectivity index (χ0n) is 18.0. The van der Waals surface area contributed by atoms with Gasteiger partial charge in [-0.25, -0.2) is 4.98 Å². The van der Waals surface area contributed by atoms with Gasteiger partial charge in [-0.2, -0.15) is 0 Å². The molecule has 1 N–H and O–H groups in total.